The zero-order valence-electron chi connectivity index (χ0n) is 11.7. The minimum Gasteiger partial charge on any atom is -0.481 e. The number of aromatic nitrogens is 5. The van der Waals surface area contributed by atoms with Crippen LogP contribution in [0.25, 0.3) is 5.95 Å². The zero-order valence-corrected chi connectivity index (χ0v) is 13.3. The first-order chi connectivity index (χ1) is 10.6. The number of hydrogen-bond acceptors (Lipinski definition) is 6. The molecule has 3 rings (SSSR count). The largest absolute Gasteiger partial charge is 0.481 e. The number of nitrogens with zero attached hydrogens (tertiary/aromatic N) is 5. The Balaban J connectivity index is 1.81. The number of nitrogens with one attached hydrogen (secondary N) is 1. The van der Waals surface area contributed by atoms with Crippen molar-refractivity contribution < 1.29 is 9.90 Å². The van der Waals surface area contributed by atoms with Crippen LogP contribution in [0, 0.1) is 5.41 Å². The first kappa shape index (κ1) is 15.0. The van der Waals surface area contributed by atoms with Gasteiger partial charge in [0, 0.05) is 18.8 Å². The summed E-state index contributed by atoms with van der Waals surface area (Å²) in [5, 5.41) is 20.8. The molecule has 2 N–H and O–H groups in total. The maximum atomic E-state index is 11.7. The van der Waals surface area contributed by atoms with Crippen LogP contribution in [0.4, 0.5) is 0 Å². The summed E-state index contributed by atoms with van der Waals surface area (Å²) in [6.45, 7) is 1.41. The molecule has 0 spiro atoms. The van der Waals surface area contributed by atoms with Gasteiger partial charge in [0.2, 0.25) is 0 Å². The van der Waals surface area contributed by atoms with Crippen LogP contribution in [0.15, 0.2) is 23.1 Å². The molecule has 0 bridgehead atoms. The first-order valence-electron chi connectivity index (χ1n) is 6.92. The Hall–Kier alpha value is -1.87. The first-order valence-corrected chi connectivity index (χ1v) is 7.72. The van der Waals surface area contributed by atoms with E-state index in [1.807, 2.05) is 0 Å². The van der Waals surface area contributed by atoms with Gasteiger partial charge in [-0.05, 0) is 41.9 Å². The van der Waals surface area contributed by atoms with Gasteiger partial charge in [-0.15, -0.1) is 5.10 Å². The molecular weight excluding hydrogens is 352 g/mol. The molecule has 0 amide bonds. The highest BCUT2D eigenvalue weighted by molar-refractivity contribution is 9.10. The lowest BCUT2D eigenvalue weighted by atomic mass is 9.75. The number of halogens is 1. The van der Waals surface area contributed by atoms with Crippen molar-refractivity contribution in [3.8, 4) is 5.95 Å². The van der Waals surface area contributed by atoms with Gasteiger partial charge in [-0.1, -0.05) is 5.21 Å². The molecule has 2 aromatic heterocycles. The van der Waals surface area contributed by atoms with Crippen LogP contribution in [0.1, 0.15) is 18.5 Å². The molecule has 0 aromatic carbocycles. The predicted octanol–water partition coefficient (Wildman–Crippen LogP) is 0.817. The smallest absolute Gasteiger partial charge is 0.310 e. The second-order valence-electron chi connectivity index (χ2n) is 5.37. The van der Waals surface area contributed by atoms with E-state index in [9.17, 15) is 9.90 Å². The number of aliphatic carboxylic acids is 1. The number of piperidine rings is 1. The second kappa shape index (κ2) is 6.09. The standard InChI is InChI=1S/C13H15BrN6O2/c14-9-6-16-12(17-7-9)20-8-10(18-19-20)5-13(11(21)22)1-3-15-4-2-13/h6-8,15H,1-5H2,(H,21,22). The maximum Gasteiger partial charge on any atom is 0.310 e. The van der Waals surface area contributed by atoms with E-state index in [2.05, 4.69) is 41.5 Å². The van der Waals surface area contributed by atoms with Crippen LogP contribution in [-0.4, -0.2) is 49.1 Å². The predicted molar refractivity (Wildman–Crippen MR) is 80.5 cm³/mol. The highest BCUT2D eigenvalue weighted by Crippen LogP contribution is 2.32. The fraction of sp³-hybridized carbons (Fsp3) is 0.462. The zero-order chi connectivity index (χ0) is 15.6. The van der Waals surface area contributed by atoms with Crippen molar-refractivity contribution in [3.63, 3.8) is 0 Å². The summed E-state index contributed by atoms with van der Waals surface area (Å²) in [5.41, 5.74) is -0.136. The lowest BCUT2D eigenvalue weighted by Crippen LogP contribution is -2.43. The Bertz CT molecular complexity index is 665. The Morgan fingerprint density at radius 3 is 2.68 bits per heavy atom. The Morgan fingerprint density at radius 1 is 1.36 bits per heavy atom. The number of carboxylic acid groups (broad SMARTS) is 1. The SMILES string of the molecule is O=C(O)C1(Cc2cn(-c3ncc(Br)cn3)nn2)CCNCC1. The minimum atomic E-state index is -0.775. The van der Waals surface area contributed by atoms with Gasteiger partial charge in [-0.3, -0.25) is 4.79 Å². The normalized spacial score (nSPS) is 17.3. The van der Waals surface area contributed by atoms with Crippen molar-refractivity contribution >= 4 is 21.9 Å². The van der Waals surface area contributed by atoms with Gasteiger partial charge < -0.3 is 10.4 Å². The van der Waals surface area contributed by atoms with Crippen molar-refractivity contribution in [3.05, 3.63) is 28.8 Å². The van der Waals surface area contributed by atoms with Crippen LogP contribution >= 0.6 is 15.9 Å². The van der Waals surface area contributed by atoms with Gasteiger partial charge in [-0.2, -0.15) is 4.68 Å². The lowest BCUT2D eigenvalue weighted by Gasteiger charge is -2.32. The Labute approximate surface area is 135 Å². The van der Waals surface area contributed by atoms with E-state index >= 15 is 0 Å². The summed E-state index contributed by atoms with van der Waals surface area (Å²) in [7, 11) is 0. The van der Waals surface area contributed by atoms with Crippen LogP contribution in [0.3, 0.4) is 0 Å². The molecule has 0 unspecified atom stereocenters. The van der Waals surface area contributed by atoms with Gasteiger partial charge in [-0.25, -0.2) is 9.97 Å². The van der Waals surface area contributed by atoms with E-state index in [-0.39, 0.29) is 0 Å². The molecular formula is C13H15BrN6O2. The average molecular weight is 367 g/mol. The molecule has 8 nitrogen and oxygen atoms in total. The molecule has 0 aliphatic carbocycles. The third-order valence-electron chi connectivity index (χ3n) is 3.89. The van der Waals surface area contributed by atoms with Crippen LogP contribution in [0.5, 0.6) is 0 Å². The van der Waals surface area contributed by atoms with Crippen molar-refractivity contribution in [1.82, 2.24) is 30.3 Å². The molecule has 1 aliphatic rings. The number of rotatable bonds is 4. The van der Waals surface area contributed by atoms with Gasteiger partial charge in [0.1, 0.15) is 0 Å². The molecule has 0 radical (unpaired) electrons. The van der Waals surface area contributed by atoms with Gasteiger partial charge in [0.05, 0.1) is 21.8 Å². The number of carbonyl (C=O) groups is 1. The summed E-state index contributed by atoms with van der Waals surface area (Å²) >= 11 is 3.27. The van der Waals surface area contributed by atoms with Crippen molar-refractivity contribution in [1.29, 1.82) is 0 Å². The topological polar surface area (TPSA) is 106 Å². The van der Waals surface area contributed by atoms with Crippen molar-refractivity contribution in [2.24, 2.45) is 5.41 Å². The third-order valence-corrected chi connectivity index (χ3v) is 4.30. The van der Waals surface area contributed by atoms with E-state index in [1.165, 1.54) is 4.68 Å². The molecule has 2 aromatic rings. The quantitative estimate of drug-likeness (QED) is 0.824. The van der Waals surface area contributed by atoms with E-state index in [4.69, 9.17) is 0 Å². The number of carboxylic acids is 1. The molecule has 1 fully saturated rings. The Kier molecular flexibility index (Phi) is 4.16. The minimum absolute atomic E-state index is 0.362. The summed E-state index contributed by atoms with van der Waals surface area (Å²) in [4.78, 5) is 20.0. The maximum absolute atomic E-state index is 11.7. The van der Waals surface area contributed by atoms with E-state index in [0.29, 0.717) is 44.0 Å². The fourth-order valence-electron chi connectivity index (χ4n) is 2.62. The van der Waals surface area contributed by atoms with E-state index in [0.717, 1.165) is 4.47 Å². The highest BCUT2D eigenvalue weighted by Gasteiger charge is 2.40. The lowest BCUT2D eigenvalue weighted by molar-refractivity contribution is -0.150. The second-order valence-corrected chi connectivity index (χ2v) is 6.28. The van der Waals surface area contributed by atoms with Crippen LogP contribution < -0.4 is 5.32 Å². The van der Waals surface area contributed by atoms with E-state index < -0.39 is 11.4 Å². The number of hydrogen-bond donors (Lipinski definition) is 2. The van der Waals surface area contributed by atoms with E-state index in [1.54, 1.807) is 18.6 Å². The van der Waals surface area contributed by atoms with Crippen LogP contribution in [-0.2, 0) is 11.2 Å². The van der Waals surface area contributed by atoms with Crippen LogP contribution in [0.2, 0.25) is 0 Å². The highest BCUT2D eigenvalue weighted by atomic mass is 79.9. The van der Waals surface area contributed by atoms with Gasteiger partial charge in [0.15, 0.2) is 0 Å². The molecule has 0 atom stereocenters. The molecule has 3 heterocycles. The molecule has 9 heteroatoms. The summed E-state index contributed by atoms with van der Waals surface area (Å²) in [6.07, 6.45) is 6.47. The summed E-state index contributed by atoms with van der Waals surface area (Å²) < 4.78 is 2.23. The summed E-state index contributed by atoms with van der Waals surface area (Å²) in [5.74, 6) is -0.375. The average Bonchev–Trinajstić information content (AvgIpc) is 2.97. The third kappa shape index (κ3) is 3.00. The molecule has 116 valence electrons. The van der Waals surface area contributed by atoms with Gasteiger partial charge >= 0.3 is 5.97 Å². The molecule has 1 saturated heterocycles. The van der Waals surface area contributed by atoms with Crippen molar-refractivity contribution in [2.75, 3.05) is 13.1 Å². The molecule has 22 heavy (non-hydrogen) atoms. The summed E-state index contributed by atoms with van der Waals surface area (Å²) in [6, 6.07) is 0. The Morgan fingerprint density at radius 2 is 2.05 bits per heavy atom. The van der Waals surface area contributed by atoms with Crippen molar-refractivity contribution in [2.45, 2.75) is 19.3 Å². The van der Waals surface area contributed by atoms with Gasteiger partial charge in [0.25, 0.3) is 5.95 Å². The monoisotopic (exact) mass is 366 g/mol. The molecule has 0 saturated carbocycles. The fourth-order valence-corrected chi connectivity index (χ4v) is 2.82. The molecule has 1 aliphatic heterocycles.